The van der Waals surface area contributed by atoms with Crippen molar-refractivity contribution >= 4 is 44.6 Å². The van der Waals surface area contributed by atoms with Gasteiger partial charge in [0.05, 0.1) is 17.9 Å². The van der Waals surface area contributed by atoms with Crippen molar-refractivity contribution in [1.82, 2.24) is 14.3 Å². The summed E-state index contributed by atoms with van der Waals surface area (Å²) < 4.78 is 27.8. The van der Waals surface area contributed by atoms with Crippen molar-refractivity contribution in [3.63, 3.8) is 0 Å². The molecule has 1 unspecified atom stereocenters. The van der Waals surface area contributed by atoms with Crippen LogP contribution in [0, 0.1) is 5.92 Å². The van der Waals surface area contributed by atoms with Crippen molar-refractivity contribution in [2.75, 3.05) is 18.8 Å². The summed E-state index contributed by atoms with van der Waals surface area (Å²) in [7, 11) is -3.30. The molecule has 0 radical (unpaired) electrons. The van der Waals surface area contributed by atoms with Gasteiger partial charge in [0, 0.05) is 47.3 Å². The van der Waals surface area contributed by atoms with Crippen LogP contribution in [0.4, 0.5) is 0 Å². The number of piperidine rings is 1. The Morgan fingerprint density at radius 3 is 2.76 bits per heavy atom. The molecule has 1 fully saturated rings. The van der Waals surface area contributed by atoms with Crippen molar-refractivity contribution < 1.29 is 13.2 Å². The number of nitrogens with zero attached hydrogens (tertiary/aromatic N) is 3. The summed E-state index contributed by atoms with van der Waals surface area (Å²) in [5, 5.41) is 5.91. The first-order valence-corrected chi connectivity index (χ1v) is 13.0. The highest BCUT2D eigenvalue weighted by molar-refractivity contribution is 7.89. The maximum atomic E-state index is 12.6. The van der Waals surface area contributed by atoms with Crippen molar-refractivity contribution in [1.29, 1.82) is 0 Å². The fourth-order valence-corrected chi connectivity index (χ4v) is 5.54. The second-order valence-corrected chi connectivity index (χ2v) is 10.8. The minimum Gasteiger partial charge on any atom is -0.342 e. The topological polar surface area (TPSA) is 83.8 Å². The number of benzene rings is 2. The van der Waals surface area contributed by atoms with Gasteiger partial charge < -0.3 is 4.57 Å². The molecule has 1 amide bonds. The van der Waals surface area contributed by atoms with Gasteiger partial charge in [-0.15, -0.1) is 0 Å². The fraction of sp³-hybridized carbons (Fsp3) is 0.333. The zero-order valence-electron chi connectivity index (χ0n) is 18.4. The summed E-state index contributed by atoms with van der Waals surface area (Å²) >= 11 is 6.34. The Balaban J connectivity index is 1.48. The summed E-state index contributed by atoms with van der Waals surface area (Å²) in [6.45, 7) is 2.90. The molecule has 1 N–H and O–H groups in total. The molecule has 1 aromatic heterocycles. The number of hydrogen-bond donors (Lipinski definition) is 1. The minimum absolute atomic E-state index is 0.0394. The van der Waals surface area contributed by atoms with Crippen LogP contribution in [0.5, 0.6) is 0 Å². The lowest BCUT2D eigenvalue weighted by Crippen LogP contribution is -2.45. The van der Waals surface area contributed by atoms with Gasteiger partial charge in [-0.05, 0) is 37.5 Å². The average molecular weight is 487 g/mol. The number of nitrogens with one attached hydrogen (secondary N) is 1. The van der Waals surface area contributed by atoms with Crippen LogP contribution >= 0.6 is 11.6 Å². The fourth-order valence-electron chi connectivity index (χ4n) is 4.17. The molecule has 0 saturated carbocycles. The molecule has 0 aliphatic carbocycles. The van der Waals surface area contributed by atoms with E-state index >= 15 is 0 Å². The van der Waals surface area contributed by atoms with E-state index in [-0.39, 0.29) is 18.2 Å². The lowest BCUT2D eigenvalue weighted by Gasteiger charge is -2.30. The molecule has 1 atom stereocenters. The van der Waals surface area contributed by atoms with Crippen LogP contribution in [0.15, 0.2) is 59.8 Å². The Bertz CT molecular complexity index is 1290. The third-order valence-electron chi connectivity index (χ3n) is 6.01. The molecule has 4 rings (SSSR count). The third-order valence-corrected chi connectivity index (χ3v) is 8.23. The Labute approximate surface area is 199 Å². The number of carbonyl (C=O) groups excluding carboxylic acids is 1. The number of hydrazone groups is 1. The maximum Gasteiger partial charge on any atom is 0.244 e. The van der Waals surface area contributed by atoms with Gasteiger partial charge in [-0.1, -0.05) is 48.0 Å². The standard InChI is InChI=1S/C24H27ClN4O3S/c1-2-33(31,32)29-13-7-9-19(17-29)24(30)27-26-14-20-16-28(23-12-6-4-10-21(20)23)15-18-8-3-5-11-22(18)25/h3-6,8,10-12,14,16,19H,2,7,9,13,15,17H2,1H3,(H,27,30)/b26-14+. The summed E-state index contributed by atoms with van der Waals surface area (Å²) in [4.78, 5) is 12.6. The number of carbonyl (C=O) groups is 1. The molecule has 3 aromatic rings. The molecule has 2 aromatic carbocycles. The van der Waals surface area contributed by atoms with Crippen molar-refractivity contribution in [3.8, 4) is 0 Å². The minimum atomic E-state index is -3.30. The van der Waals surface area contributed by atoms with E-state index in [0.29, 0.717) is 31.0 Å². The van der Waals surface area contributed by atoms with Gasteiger partial charge in [-0.2, -0.15) is 5.10 Å². The molecule has 1 saturated heterocycles. The van der Waals surface area contributed by atoms with Crippen molar-refractivity contribution in [2.24, 2.45) is 11.0 Å². The predicted molar refractivity (Wildman–Crippen MR) is 132 cm³/mol. The number of sulfonamides is 1. The first-order valence-electron chi connectivity index (χ1n) is 11.0. The number of para-hydroxylation sites is 1. The summed E-state index contributed by atoms with van der Waals surface area (Å²) in [5.74, 6) is -0.626. The Kier molecular flexibility index (Phi) is 7.17. The molecule has 2 heterocycles. The highest BCUT2D eigenvalue weighted by atomic mass is 35.5. The zero-order valence-corrected chi connectivity index (χ0v) is 20.0. The molecule has 1 aliphatic heterocycles. The highest BCUT2D eigenvalue weighted by Gasteiger charge is 2.31. The van der Waals surface area contributed by atoms with Gasteiger partial charge in [0.1, 0.15) is 0 Å². The number of amides is 1. The maximum absolute atomic E-state index is 12.6. The number of halogens is 1. The SMILES string of the molecule is CCS(=O)(=O)N1CCCC(C(=O)N/N=C/c2cn(Cc3ccccc3Cl)c3ccccc23)C1. The van der Waals surface area contributed by atoms with E-state index in [1.807, 2.05) is 54.7 Å². The van der Waals surface area contributed by atoms with Crippen LogP contribution < -0.4 is 5.43 Å². The molecule has 0 bridgehead atoms. The van der Waals surface area contributed by atoms with Crippen molar-refractivity contribution in [3.05, 3.63) is 70.9 Å². The monoisotopic (exact) mass is 486 g/mol. The van der Waals surface area contributed by atoms with E-state index in [2.05, 4.69) is 15.1 Å². The summed E-state index contributed by atoms with van der Waals surface area (Å²) in [6, 6.07) is 15.7. The second kappa shape index (κ2) is 10.1. The second-order valence-electron chi connectivity index (χ2n) is 8.15. The smallest absolute Gasteiger partial charge is 0.244 e. The Morgan fingerprint density at radius 1 is 1.21 bits per heavy atom. The van der Waals surface area contributed by atoms with E-state index in [1.54, 1.807) is 13.1 Å². The summed E-state index contributed by atoms with van der Waals surface area (Å²) in [6.07, 6.45) is 4.93. The zero-order chi connectivity index (χ0) is 23.4. The van der Waals surface area contributed by atoms with Crippen LogP contribution in [0.25, 0.3) is 10.9 Å². The number of rotatable bonds is 7. The predicted octanol–water partition coefficient (Wildman–Crippen LogP) is 3.85. The molecular formula is C24H27ClN4O3S. The Hall–Kier alpha value is -2.68. The van der Waals surface area contributed by atoms with E-state index in [4.69, 9.17) is 11.6 Å². The van der Waals surface area contributed by atoms with Crippen LogP contribution in [0.1, 0.15) is 30.9 Å². The molecule has 1 aliphatic rings. The summed E-state index contributed by atoms with van der Waals surface area (Å²) in [5.41, 5.74) is 5.53. The van der Waals surface area contributed by atoms with Crippen LogP contribution in [0.3, 0.4) is 0 Å². The molecule has 7 nitrogen and oxygen atoms in total. The van der Waals surface area contributed by atoms with Crippen LogP contribution in [-0.2, 0) is 21.4 Å². The van der Waals surface area contributed by atoms with E-state index < -0.39 is 15.9 Å². The van der Waals surface area contributed by atoms with Crippen molar-refractivity contribution in [2.45, 2.75) is 26.3 Å². The third kappa shape index (κ3) is 5.29. The number of aromatic nitrogens is 1. The van der Waals surface area contributed by atoms with Gasteiger partial charge in [0.25, 0.3) is 0 Å². The van der Waals surface area contributed by atoms with Gasteiger partial charge in [-0.25, -0.2) is 18.1 Å². The first-order chi connectivity index (χ1) is 15.9. The molecule has 9 heteroatoms. The van der Waals surface area contributed by atoms with E-state index in [9.17, 15) is 13.2 Å². The van der Waals surface area contributed by atoms with Crippen LogP contribution in [0.2, 0.25) is 5.02 Å². The highest BCUT2D eigenvalue weighted by Crippen LogP contribution is 2.24. The largest absolute Gasteiger partial charge is 0.342 e. The van der Waals surface area contributed by atoms with E-state index in [1.165, 1.54) is 4.31 Å². The normalized spacial score (nSPS) is 17.6. The molecule has 174 valence electrons. The molecular weight excluding hydrogens is 460 g/mol. The quantitative estimate of drug-likeness (QED) is 0.406. The number of fused-ring (bicyclic) bond motifs is 1. The van der Waals surface area contributed by atoms with Gasteiger partial charge in [-0.3, -0.25) is 4.79 Å². The lowest BCUT2D eigenvalue weighted by atomic mass is 9.99. The average Bonchev–Trinajstić information content (AvgIpc) is 3.18. The molecule has 33 heavy (non-hydrogen) atoms. The van der Waals surface area contributed by atoms with Gasteiger partial charge >= 0.3 is 0 Å². The number of hydrogen-bond acceptors (Lipinski definition) is 4. The first kappa shape index (κ1) is 23.5. The Morgan fingerprint density at radius 2 is 1.97 bits per heavy atom. The van der Waals surface area contributed by atoms with E-state index in [0.717, 1.165) is 22.0 Å². The van der Waals surface area contributed by atoms with Gasteiger partial charge in [0.15, 0.2) is 0 Å². The van der Waals surface area contributed by atoms with Gasteiger partial charge in [0.2, 0.25) is 15.9 Å². The lowest BCUT2D eigenvalue weighted by molar-refractivity contribution is -0.126. The molecule has 0 spiro atoms. The van der Waals surface area contributed by atoms with Crippen LogP contribution in [-0.4, -0.2) is 48.3 Å².